The highest BCUT2D eigenvalue weighted by atomic mass is 19.4. The van der Waals surface area contributed by atoms with Crippen LogP contribution in [0.1, 0.15) is 12.5 Å². The van der Waals surface area contributed by atoms with Crippen LogP contribution in [0.15, 0.2) is 54.6 Å². The Bertz CT molecular complexity index is 521. The van der Waals surface area contributed by atoms with Gasteiger partial charge in [-0.25, -0.2) is 4.79 Å². The molecule has 3 nitrogen and oxygen atoms in total. The first kappa shape index (κ1) is 17.0. The summed E-state index contributed by atoms with van der Waals surface area (Å²) in [5, 5.41) is 9.93. The fourth-order valence-electron chi connectivity index (χ4n) is 1.57. The molecule has 0 spiro atoms. The Labute approximate surface area is 120 Å². The fourth-order valence-corrected chi connectivity index (χ4v) is 1.57. The Morgan fingerprint density at radius 1 is 1.24 bits per heavy atom. The third-order valence-corrected chi connectivity index (χ3v) is 2.61. The Kier molecular flexibility index (Phi) is 5.72. The lowest BCUT2D eigenvalue weighted by atomic mass is 9.92. The minimum atomic E-state index is -4.89. The topological polar surface area (TPSA) is 46.5 Å². The van der Waals surface area contributed by atoms with E-state index in [9.17, 15) is 23.1 Å². The average Bonchev–Trinajstić information content (AvgIpc) is 2.43. The van der Waals surface area contributed by atoms with Crippen molar-refractivity contribution in [2.24, 2.45) is 0 Å². The summed E-state index contributed by atoms with van der Waals surface area (Å²) < 4.78 is 43.8. The van der Waals surface area contributed by atoms with E-state index in [0.29, 0.717) is 6.08 Å². The third kappa shape index (κ3) is 4.46. The van der Waals surface area contributed by atoms with Gasteiger partial charge in [0.25, 0.3) is 0 Å². The van der Waals surface area contributed by atoms with Gasteiger partial charge < -0.3 is 9.84 Å². The van der Waals surface area contributed by atoms with Gasteiger partial charge in [-0.3, -0.25) is 0 Å². The number of halogens is 3. The lowest BCUT2D eigenvalue weighted by Crippen LogP contribution is -2.40. The molecule has 0 fully saturated rings. The molecule has 0 aromatic heterocycles. The molecule has 1 aromatic rings. The van der Waals surface area contributed by atoms with E-state index >= 15 is 0 Å². The Hall–Kier alpha value is -2.08. The fraction of sp³-hybridized carbons (Fsp3) is 0.267. The van der Waals surface area contributed by atoms with Crippen molar-refractivity contribution >= 4 is 5.97 Å². The van der Waals surface area contributed by atoms with E-state index in [-0.39, 0.29) is 12.2 Å². The van der Waals surface area contributed by atoms with Crippen LogP contribution in [0.2, 0.25) is 0 Å². The van der Waals surface area contributed by atoms with E-state index in [1.807, 2.05) is 0 Å². The number of carbonyl (C=O) groups excluding carboxylic acids is 1. The molecular weight excluding hydrogens is 285 g/mol. The first-order chi connectivity index (χ1) is 9.81. The zero-order valence-electron chi connectivity index (χ0n) is 11.3. The van der Waals surface area contributed by atoms with Gasteiger partial charge in [-0.15, -0.1) is 0 Å². The quantitative estimate of drug-likeness (QED) is 0.516. The first-order valence-electron chi connectivity index (χ1n) is 6.18. The molecular formula is C15H15F3O3. The van der Waals surface area contributed by atoms with Crippen molar-refractivity contribution in [1.82, 2.24) is 0 Å². The Morgan fingerprint density at radius 2 is 1.86 bits per heavy atom. The number of alkyl halides is 3. The van der Waals surface area contributed by atoms with Crippen molar-refractivity contribution in [3.05, 3.63) is 60.2 Å². The van der Waals surface area contributed by atoms with Crippen molar-refractivity contribution in [1.29, 1.82) is 0 Å². The molecule has 0 saturated heterocycles. The summed E-state index contributed by atoms with van der Waals surface area (Å²) in [6.45, 7) is 1.78. The molecule has 1 rings (SSSR count). The van der Waals surface area contributed by atoms with Gasteiger partial charge in [0.1, 0.15) is 0 Å². The van der Waals surface area contributed by atoms with Crippen LogP contribution in [0, 0.1) is 0 Å². The summed E-state index contributed by atoms with van der Waals surface area (Å²) in [5.74, 6) is -0.669. The molecule has 0 aliphatic rings. The summed E-state index contributed by atoms with van der Waals surface area (Å²) in [6.07, 6.45) is -1.29. The van der Waals surface area contributed by atoms with Gasteiger partial charge >= 0.3 is 12.1 Å². The second kappa shape index (κ2) is 7.08. The van der Waals surface area contributed by atoms with Crippen LogP contribution in [-0.2, 0) is 15.1 Å². The number of hydrogen-bond donors (Lipinski definition) is 1. The highest BCUT2D eigenvalue weighted by molar-refractivity contribution is 5.82. The van der Waals surface area contributed by atoms with Crippen LogP contribution >= 0.6 is 0 Å². The van der Waals surface area contributed by atoms with Crippen LogP contribution in [0.25, 0.3) is 0 Å². The zero-order chi connectivity index (χ0) is 15.9. The summed E-state index contributed by atoms with van der Waals surface area (Å²) in [5.41, 5.74) is -3.42. The smallest absolute Gasteiger partial charge is 0.425 e. The van der Waals surface area contributed by atoms with Crippen molar-refractivity contribution in [3.8, 4) is 0 Å². The second-order valence-corrected chi connectivity index (χ2v) is 4.10. The van der Waals surface area contributed by atoms with Crippen molar-refractivity contribution < 1.29 is 27.8 Å². The van der Waals surface area contributed by atoms with Crippen molar-refractivity contribution in [2.45, 2.75) is 18.7 Å². The molecule has 0 amide bonds. The van der Waals surface area contributed by atoms with E-state index in [1.54, 1.807) is 13.0 Å². The summed E-state index contributed by atoms with van der Waals surface area (Å²) >= 11 is 0. The van der Waals surface area contributed by atoms with E-state index in [2.05, 4.69) is 4.74 Å². The molecule has 1 atom stereocenters. The van der Waals surface area contributed by atoms with Gasteiger partial charge in [0.2, 0.25) is 5.60 Å². The Morgan fingerprint density at radius 3 is 2.38 bits per heavy atom. The van der Waals surface area contributed by atoms with Crippen molar-refractivity contribution in [3.63, 3.8) is 0 Å². The van der Waals surface area contributed by atoms with Gasteiger partial charge in [0.15, 0.2) is 0 Å². The predicted octanol–water partition coefficient (Wildman–Crippen LogP) is 3.11. The van der Waals surface area contributed by atoms with Gasteiger partial charge in [-0.05, 0) is 18.6 Å². The number of carbonyl (C=O) groups is 1. The predicted molar refractivity (Wildman–Crippen MR) is 71.3 cm³/mol. The molecule has 6 heteroatoms. The first-order valence-corrected chi connectivity index (χ1v) is 6.18. The molecule has 1 aromatic carbocycles. The SMILES string of the molecule is CCOC(=O)/C=C/C=C/C(O)(c1ccccc1)C(F)(F)F. The number of allylic oxidation sites excluding steroid dienone is 2. The van der Waals surface area contributed by atoms with E-state index in [0.717, 1.165) is 18.2 Å². The Balaban J connectivity index is 2.99. The standard InChI is InChI=1S/C15H15F3O3/c1-2-21-13(19)10-6-7-11-14(20,15(16,17)18)12-8-4-3-5-9-12/h3-11,20H,2H2,1H3/b10-6+,11-7+. The molecule has 1 N–H and O–H groups in total. The minimum absolute atomic E-state index is 0.170. The average molecular weight is 300 g/mol. The lowest BCUT2D eigenvalue weighted by Gasteiger charge is -2.27. The van der Waals surface area contributed by atoms with Crippen LogP contribution in [-0.4, -0.2) is 23.9 Å². The largest absolute Gasteiger partial charge is 0.463 e. The maximum absolute atomic E-state index is 13.1. The number of benzene rings is 1. The highest BCUT2D eigenvalue weighted by Crippen LogP contribution is 2.39. The molecule has 114 valence electrons. The zero-order valence-corrected chi connectivity index (χ0v) is 11.3. The van der Waals surface area contributed by atoms with Gasteiger partial charge in [-0.2, -0.15) is 13.2 Å². The molecule has 21 heavy (non-hydrogen) atoms. The number of ether oxygens (including phenoxy) is 1. The van der Waals surface area contributed by atoms with Gasteiger partial charge in [0.05, 0.1) is 6.61 Å². The summed E-state index contributed by atoms with van der Waals surface area (Å²) in [7, 11) is 0. The summed E-state index contributed by atoms with van der Waals surface area (Å²) in [4.78, 5) is 11.0. The van der Waals surface area contributed by atoms with Gasteiger partial charge in [-0.1, -0.05) is 42.5 Å². The molecule has 0 saturated carbocycles. The van der Waals surface area contributed by atoms with Crippen LogP contribution in [0.3, 0.4) is 0 Å². The molecule has 0 aliphatic heterocycles. The molecule has 0 bridgehead atoms. The monoisotopic (exact) mass is 300 g/mol. The van der Waals surface area contributed by atoms with E-state index < -0.39 is 17.7 Å². The van der Waals surface area contributed by atoms with Crippen LogP contribution in [0.4, 0.5) is 13.2 Å². The summed E-state index contributed by atoms with van der Waals surface area (Å²) in [6, 6.07) is 6.69. The van der Waals surface area contributed by atoms with Crippen molar-refractivity contribution in [2.75, 3.05) is 6.61 Å². The lowest BCUT2D eigenvalue weighted by molar-refractivity contribution is -0.245. The van der Waals surface area contributed by atoms with Crippen LogP contribution in [0.5, 0.6) is 0 Å². The van der Waals surface area contributed by atoms with Gasteiger partial charge in [0, 0.05) is 6.08 Å². The maximum Gasteiger partial charge on any atom is 0.425 e. The van der Waals surface area contributed by atoms with Crippen LogP contribution < -0.4 is 0 Å². The molecule has 0 aliphatic carbocycles. The molecule has 0 heterocycles. The van der Waals surface area contributed by atoms with E-state index in [1.165, 1.54) is 24.3 Å². The normalized spacial score (nSPS) is 15.3. The minimum Gasteiger partial charge on any atom is -0.463 e. The number of rotatable bonds is 5. The number of hydrogen-bond acceptors (Lipinski definition) is 3. The molecule has 1 unspecified atom stereocenters. The highest BCUT2D eigenvalue weighted by Gasteiger charge is 2.53. The van der Waals surface area contributed by atoms with E-state index in [4.69, 9.17) is 0 Å². The maximum atomic E-state index is 13.1. The number of esters is 1. The number of aliphatic hydroxyl groups is 1. The third-order valence-electron chi connectivity index (χ3n) is 2.61. The molecule has 0 radical (unpaired) electrons. The second-order valence-electron chi connectivity index (χ2n) is 4.10.